The Morgan fingerprint density at radius 3 is 2.81 bits per heavy atom. The number of aromatic nitrogens is 2. The highest BCUT2D eigenvalue weighted by Crippen LogP contribution is 2.14. The maximum absolute atomic E-state index is 10.4. The molecule has 1 aromatic rings. The maximum atomic E-state index is 10.4. The van der Waals surface area contributed by atoms with Gasteiger partial charge in [-0.25, -0.2) is 0 Å². The Morgan fingerprint density at radius 1 is 1.62 bits per heavy atom. The molecule has 0 spiro atoms. The SMILES string of the molecule is CC(C)c1nc(CSC[C@H](N)C(=O)O)no1. The number of carboxylic acids is 1. The van der Waals surface area contributed by atoms with E-state index in [0.29, 0.717) is 23.2 Å². The molecule has 0 aromatic carbocycles. The molecule has 3 N–H and O–H groups in total. The third-order valence-corrected chi connectivity index (χ3v) is 2.88. The van der Waals surface area contributed by atoms with Crippen molar-refractivity contribution < 1.29 is 14.4 Å². The summed E-state index contributed by atoms with van der Waals surface area (Å²) in [5, 5.41) is 12.4. The number of nitrogens with two attached hydrogens (primary N) is 1. The Balaban J connectivity index is 2.34. The lowest BCUT2D eigenvalue weighted by Gasteiger charge is -2.03. The lowest BCUT2D eigenvalue weighted by Crippen LogP contribution is -2.32. The minimum Gasteiger partial charge on any atom is -0.480 e. The number of rotatable bonds is 6. The molecule has 0 fully saturated rings. The van der Waals surface area contributed by atoms with Crippen LogP contribution in [0, 0.1) is 0 Å². The van der Waals surface area contributed by atoms with Crippen LogP contribution in [0.1, 0.15) is 31.5 Å². The van der Waals surface area contributed by atoms with Crippen LogP contribution < -0.4 is 5.73 Å². The van der Waals surface area contributed by atoms with Crippen molar-refractivity contribution >= 4 is 17.7 Å². The molecule has 1 atom stereocenters. The number of hydrogen-bond donors (Lipinski definition) is 2. The molecule has 0 radical (unpaired) electrons. The molecule has 0 saturated carbocycles. The monoisotopic (exact) mass is 245 g/mol. The van der Waals surface area contributed by atoms with Crippen molar-refractivity contribution in [1.82, 2.24) is 10.1 Å². The Bertz CT molecular complexity index is 354. The number of hydrogen-bond acceptors (Lipinski definition) is 6. The van der Waals surface area contributed by atoms with E-state index in [9.17, 15) is 4.79 Å². The van der Waals surface area contributed by atoms with E-state index < -0.39 is 12.0 Å². The molecule has 7 heteroatoms. The fourth-order valence-electron chi connectivity index (χ4n) is 0.909. The van der Waals surface area contributed by atoms with Gasteiger partial charge in [-0.1, -0.05) is 19.0 Å². The fourth-order valence-corrected chi connectivity index (χ4v) is 1.72. The van der Waals surface area contributed by atoms with Gasteiger partial charge in [0.25, 0.3) is 0 Å². The maximum Gasteiger partial charge on any atom is 0.321 e. The van der Waals surface area contributed by atoms with Gasteiger partial charge < -0.3 is 15.4 Å². The first-order valence-corrected chi connectivity index (χ1v) is 6.04. The van der Waals surface area contributed by atoms with E-state index in [1.807, 2.05) is 13.8 Å². The number of carboxylic acid groups (broad SMARTS) is 1. The van der Waals surface area contributed by atoms with E-state index >= 15 is 0 Å². The summed E-state index contributed by atoms with van der Waals surface area (Å²) in [6, 6.07) is -0.846. The van der Waals surface area contributed by atoms with Gasteiger partial charge in [0.1, 0.15) is 6.04 Å². The third-order valence-electron chi connectivity index (χ3n) is 1.82. The van der Waals surface area contributed by atoms with Crippen molar-refractivity contribution in [2.75, 3.05) is 5.75 Å². The zero-order valence-corrected chi connectivity index (χ0v) is 10.0. The molecular formula is C9H15N3O3S. The van der Waals surface area contributed by atoms with E-state index in [-0.39, 0.29) is 5.92 Å². The van der Waals surface area contributed by atoms with Gasteiger partial charge in [-0.2, -0.15) is 16.7 Å². The number of aliphatic carboxylic acids is 1. The highest BCUT2D eigenvalue weighted by atomic mass is 32.2. The molecule has 0 aliphatic carbocycles. The first kappa shape index (κ1) is 13.0. The lowest BCUT2D eigenvalue weighted by atomic mass is 10.2. The molecule has 0 saturated heterocycles. The van der Waals surface area contributed by atoms with Crippen molar-refractivity contribution in [3.05, 3.63) is 11.7 Å². The predicted octanol–water partition coefficient (Wildman–Crippen LogP) is 0.838. The molecule has 1 aromatic heterocycles. The molecule has 0 bridgehead atoms. The lowest BCUT2D eigenvalue weighted by molar-refractivity contribution is -0.137. The predicted molar refractivity (Wildman–Crippen MR) is 60.2 cm³/mol. The molecule has 90 valence electrons. The standard InChI is InChI=1S/C9H15N3O3S/c1-5(2)8-11-7(12-15-8)4-16-3-6(10)9(13)14/h5-6H,3-4,10H2,1-2H3,(H,13,14)/t6-/m0/s1. The van der Waals surface area contributed by atoms with Gasteiger partial charge in [-0.15, -0.1) is 0 Å². The average Bonchev–Trinajstić information content (AvgIpc) is 2.66. The minimum atomic E-state index is -0.997. The Kier molecular flexibility index (Phi) is 4.75. The molecule has 0 amide bonds. The largest absolute Gasteiger partial charge is 0.480 e. The van der Waals surface area contributed by atoms with Gasteiger partial charge in [0.2, 0.25) is 5.89 Å². The first-order valence-electron chi connectivity index (χ1n) is 4.89. The van der Waals surface area contributed by atoms with Crippen LogP contribution in [0.3, 0.4) is 0 Å². The Morgan fingerprint density at radius 2 is 2.31 bits per heavy atom. The van der Waals surface area contributed by atoms with Crippen LogP contribution >= 0.6 is 11.8 Å². The average molecular weight is 245 g/mol. The van der Waals surface area contributed by atoms with Crippen LogP contribution in [0.5, 0.6) is 0 Å². The highest BCUT2D eigenvalue weighted by Gasteiger charge is 2.13. The number of carbonyl (C=O) groups is 1. The third kappa shape index (κ3) is 3.82. The zero-order valence-electron chi connectivity index (χ0n) is 9.21. The summed E-state index contributed by atoms with van der Waals surface area (Å²) in [4.78, 5) is 14.6. The molecular weight excluding hydrogens is 230 g/mol. The Labute approximate surface area is 97.6 Å². The summed E-state index contributed by atoms with van der Waals surface area (Å²) in [5.41, 5.74) is 5.35. The van der Waals surface area contributed by atoms with Crippen LogP contribution in [-0.2, 0) is 10.5 Å². The normalized spacial score (nSPS) is 13.0. The van der Waals surface area contributed by atoms with Crippen LogP contribution in [0.2, 0.25) is 0 Å². The van der Waals surface area contributed by atoms with E-state index in [4.69, 9.17) is 15.4 Å². The van der Waals surface area contributed by atoms with Crippen LogP contribution in [0.25, 0.3) is 0 Å². The van der Waals surface area contributed by atoms with Crippen molar-refractivity contribution in [2.45, 2.75) is 31.6 Å². The second-order valence-electron chi connectivity index (χ2n) is 3.66. The van der Waals surface area contributed by atoms with Crippen molar-refractivity contribution in [3.63, 3.8) is 0 Å². The van der Waals surface area contributed by atoms with Crippen LogP contribution in [-0.4, -0.2) is 33.0 Å². The molecule has 1 rings (SSSR count). The van der Waals surface area contributed by atoms with Gasteiger partial charge in [0, 0.05) is 11.7 Å². The summed E-state index contributed by atoms with van der Waals surface area (Å²) >= 11 is 1.38. The van der Waals surface area contributed by atoms with Gasteiger partial charge in [-0.3, -0.25) is 4.79 Å². The summed E-state index contributed by atoms with van der Waals surface area (Å²) < 4.78 is 5.01. The van der Waals surface area contributed by atoms with Gasteiger partial charge in [0.05, 0.1) is 5.75 Å². The fraction of sp³-hybridized carbons (Fsp3) is 0.667. The topological polar surface area (TPSA) is 102 Å². The number of nitrogens with zero attached hydrogens (tertiary/aromatic N) is 2. The van der Waals surface area contributed by atoms with Crippen LogP contribution in [0.15, 0.2) is 4.52 Å². The van der Waals surface area contributed by atoms with E-state index in [0.717, 1.165) is 0 Å². The molecule has 6 nitrogen and oxygen atoms in total. The van der Waals surface area contributed by atoms with Gasteiger partial charge >= 0.3 is 5.97 Å². The van der Waals surface area contributed by atoms with Crippen molar-refractivity contribution in [1.29, 1.82) is 0 Å². The Hall–Kier alpha value is -1.08. The van der Waals surface area contributed by atoms with Gasteiger partial charge in [0.15, 0.2) is 5.82 Å². The second-order valence-corrected chi connectivity index (χ2v) is 4.69. The van der Waals surface area contributed by atoms with Crippen LogP contribution in [0.4, 0.5) is 0 Å². The quantitative estimate of drug-likeness (QED) is 0.765. The van der Waals surface area contributed by atoms with Crippen molar-refractivity contribution in [3.8, 4) is 0 Å². The summed E-state index contributed by atoms with van der Waals surface area (Å²) in [7, 11) is 0. The number of thioether (sulfide) groups is 1. The zero-order chi connectivity index (χ0) is 12.1. The van der Waals surface area contributed by atoms with E-state index in [1.54, 1.807) is 0 Å². The smallest absolute Gasteiger partial charge is 0.321 e. The molecule has 0 aliphatic rings. The summed E-state index contributed by atoms with van der Waals surface area (Å²) in [6.07, 6.45) is 0. The highest BCUT2D eigenvalue weighted by molar-refractivity contribution is 7.98. The summed E-state index contributed by atoms with van der Waals surface area (Å²) in [6.45, 7) is 3.93. The van der Waals surface area contributed by atoms with Gasteiger partial charge in [-0.05, 0) is 0 Å². The molecule has 0 unspecified atom stereocenters. The van der Waals surface area contributed by atoms with E-state index in [2.05, 4.69) is 10.1 Å². The van der Waals surface area contributed by atoms with Crippen molar-refractivity contribution in [2.24, 2.45) is 5.73 Å². The van der Waals surface area contributed by atoms with E-state index in [1.165, 1.54) is 11.8 Å². The molecule has 1 heterocycles. The molecule has 0 aliphatic heterocycles. The second kappa shape index (κ2) is 5.86. The first-order chi connectivity index (χ1) is 7.50. The molecule has 16 heavy (non-hydrogen) atoms. The summed E-state index contributed by atoms with van der Waals surface area (Å²) in [5.74, 6) is 1.22. The minimum absolute atomic E-state index is 0.201.